The van der Waals surface area contributed by atoms with Gasteiger partial charge < -0.3 is 0 Å². The van der Waals surface area contributed by atoms with Crippen LogP contribution >= 0.6 is 15.9 Å². The van der Waals surface area contributed by atoms with Gasteiger partial charge in [-0.15, -0.1) is 0 Å². The van der Waals surface area contributed by atoms with E-state index in [0.29, 0.717) is 4.60 Å². The molecule has 0 radical (unpaired) electrons. The van der Waals surface area contributed by atoms with Crippen LogP contribution in [0.2, 0.25) is 0 Å². The van der Waals surface area contributed by atoms with E-state index in [9.17, 15) is 10.1 Å². The maximum absolute atomic E-state index is 10.6. The van der Waals surface area contributed by atoms with E-state index in [1.165, 1.54) is 12.3 Å². The number of fused-ring (bicyclic) bond motifs is 1. The molecule has 0 aliphatic heterocycles. The van der Waals surface area contributed by atoms with Gasteiger partial charge in [0.25, 0.3) is 5.69 Å². The van der Waals surface area contributed by atoms with Crippen LogP contribution in [0.5, 0.6) is 0 Å². The molecule has 14 heavy (non-hydrogen) atoms. The van der Waals surface area contributed by atoms with E-state index in [1.807, 2.05) is 0 Å². The van der Waals surface area contributed by atoms with E-state index in [0.717, 1.165) is 11.2 Å². The van der Waals surface area contributed by atoms with Gasteiger partial charge in [0.1, 0.15) is 10.3 Å². The quantitative estimate of drug-likeness (QED) is 0.581. The number of aromatic nitrogens is 2. The van der Waals surface area contributed by atoms with Gasteiger partial charge in [-0.3, -0.25) is 14.5 Å². The lowest BCUT2D eigenvalue weighted by molar-refractivity contribution is -0.385. The Morgan fingerprint density at radius 2 is 2.29 bits per heavy atom. The van der Waals surface area contributed by atoms with E-state index < -0.39 is 4.92 Å². The van der Waals surface area contributed by atoms with Crippen molar-refractivity contribution >= 4 is 27.3 Å². The lowest BCUT2D eigenvalue weighted by Crippen LogP contribution is -1.93. The molecule has 0 saturated carbocycles. The van der Waals surface area contributed by atoms with Gasteiger partial charge in [0, 0.05) is 12.3 Å². The minimum atomic E-state index is -0.416. The van der Waals surface area contributed by atoms with Gasteiger partial charge in [-0.1, -0.05) is 0 Å². The van der Waals surface area contributed by atoms with E-state index in [2.05, 4.69) is 20.9 Å². The highest BCUT2D eigenvalue weighted by Gasteiger charge is 2.10. The van der Waals surface area contributed by atoms with Crippen LogP contribution in [0.15, 0.2) is 23.1 Å². The topological polar surface area (TPSA) is 60.4 Å². The average Bonchev–Trinajstić information content (AvgIpc) is 2.45. The SMILES string of the molecule is Cc1cc([N+](=O)[O-])cn2cc(Br)nc12. The van der Waals surface area contributed by atoms with Crippen molar-refractivity contribution in [2.24, 2.45) is 0 Å². The van der Waals surface area contributed by atoms with Crippen molar-refractivity contribution in [1.29, 1.82) is 0 Å². The van der Waals surface area contributed by atoms with E-state index in [4.69, 9.17) is 0 Å². The maximum atomic E-state index is 10.6. The summed E-state index contributed by atoms with van der Waals surface area (Å²) in [7, 11) is 0. The predicted molar refractivity (Wildman–Crippen MR) is 54.3 cm³/mol. The van der Waals surface area contributed by atoms with Crippen molar-refractivity contribution in [2.45, 2.75) is 6.92 Å². The molecule has 0 aliphatic rings. The first-order valence-corrected chi connectivity index (χ1v) is 4.66. The maximum Gasteiger partial charge on any atom is 0.286 e. The first-order chi connectivity index (χ1) is 6.58. The minimum Gasteiger partial charge on any atom is -0.299 e. The van der Waals surface area contributed by atoms with Crippen molar-refractivity contribution in [3.05, 3.63) is 38.7 Å². The zero-order chi connectivity index (χ0) is 10.3. The molecular formula is C8H6BrN3O2. The van der Waals surface area contributed by atoms with Crippen LogP contribution < -0.4 is 0 Å². The van der Waals surface area contributed by atoms with Gasteiger partial charge >= 0.3 is 0 Å². The van der Waals surface area contributed by atoms with Crippen LogP contribution in [0.3, 0.4) is 0 Å². The van der Waals surface area contributed by atoms with Crippen molar-refractivity contribution in [3.8, 4) is 0 Å². The van der Waals surface area contributed by atoms with Crippen LogP contribution in [0, 0.1) is 17.0 Å². The number of nitrogens with zero attached hydrogens (tertiary/aromatic N) is 3. The lowest BCUT2D eigenvalue weighted by Gasteiger charge is -1.97. The van der Waals surface area contributed by atoms with Crippen molar-refractivity contribution < 1.29 is 4.92 Å². The lowest BCUT2D eigenvalue weighted by atomic mass is 10.3. The van der Waals surface area contributed by atoms with Gasteiger partial charge in [-0.05, 0) is 28.4 Å². The Morgan fingerprint density at radius 3 is 2.93 bits per heavy atom. The number of nitro groups is 1. The van der Waals surface area contributed by atoms with Crippen LogP contribution in [-0.4, -0.2) is 14.3 Å². The molecule has 0 bridgehead atoms. The summed E-state index contributed by atoms with van der Waals surface area (Å²) in [5.41, 5.74) is 1.58. The highest BCUT2D eigenvalue weighted by molar-refractivity contribution is 9.10. The Balaban J connectivity index is 2.77. The second-order valence-corrected chi connectivity index (χ2v) is 3.75. The molecule has 0 N–H and O–H groups in total. The molecule has 0 aromatic carbocycles. The number of hydrogen-bond acceptors (Lipinski definition) is 3. The monoisotopic (exact) mass is 255 g/mol. The third-order valence-electron chi connectivity index (χ3n) is 1.90. The summed E-state index contributed by atoms with van der Waals surface area (Å²) >= 11 is 3.22. The first kappa shape index (κ1) is 9.14. The Labute approximate surface area is 87.7 Å². The summed E-state index contributed by atoms with van der Waals surface area (Å²) in [6, 6.07) is 1.51. The Kier molecular flexibility index (Phi) is 1.99. The molecule has 6 heteroatoms. The molecule has 0 spiro atoms. The van der Waals surface area contributed by atoms with Crippen molar-refractivity contribution in [3.63, 3.8) is 0 Å². The summed E-state index contributed by atoms with van der Waals surface area (Å²) < 4.78 is 2.30. The predicted octanol–water partition coefficient (Wildman–Crippen LogP) is 2.31. The largest absolute Gasteiger partial charge is 0.299 e. The number of aryl methyl sites for hydroxylation is 1. The van der Waals surface area contributed by atoms with Crippen LogP contribution in [-0.2, 0) is 0 Å². The molecule has 2 heterocycles. The average molecular weight is 256 g/mol. The number of halogens is 1. The number of pyridine rings is 1. The van der Waals surface area contributed by atoms with Crippen LogP contribution in [0.4, 0.5) is 5.69 Å². The van der Waals surface area contributed by atoms with Gasteiger partial charge in [0.05, 0.1) is 11.1 Å². The van der Waals surface area contributed by atoms with Gasteiger partial charge in [0.2, 0.25) is 0 Å². The van der Waals surface area contributed by atoms with Crippen LogP contribution in [0.25, 0.3) is 5.65 Å². The Bertz CT molecular complexity index is 521. The molecule has 0 atom stereocenters. The molecule has 72 valence electrons. The normalized spacial score (nSPS) is 10.7. The zero-order valence-corrected chi connectivity index (χ0v) is 8.85. The summed E-state index contributed by atoms with van der Waals surface area (Å²) in [4.78, 5) is 14.3. The second-order valence-electron chi connectivity index (χ2n) is 2.93. The molecule has 0 saturated heterocycles. The summed E-state index contributed by atoms with van der Waals surface area (Å²) in [6.45, 7) is 1.79. The molecule has 2 aromatic rings. The number of hydrogen-bond donors (Lipinski definition) is 0. The molecule has 0 unspecified atom stereocenters. The number of imidazole rings is 1. The standard InChI is InChI=1S/C8H6BrN3O2/c1-5-2-6(12(13)14)3-11-4-7(9)10-8(5)11/h2-4H,1H3. The smallest absolute Gasteiger partial charge is 0.286 e. The number of rotatable bonds is 1. The summed E-state index contributed by atoms with van der Waals surface area (Å²) in [5, 5.41) is 10.6. The van der Waals surface area contributed by atoms with Crippen LogP contribution in [0.1, 0.15) is 5.56 Å². The Hall–Kier alpha value is -1.43. The van der Waals surface area contributed by atoms with E-state index >= 15 is 0 Å². The third kappa shape index (κ3) is 1.37. The fourth-order valence-electron chi connectivity index (χ4n) is 1.32. The fraction of sp³-hybridized carbons (Fsp3) is 0.125. The molecule has 0 aliphatic carbocycles. The molecule has 2 rings (SSSR count). The summed E-state index contributed by atoms with van der Waals surface area (Å²) in [6.07, 6.45) is 3.13. The van der Waals surface area contributed by atoms with E-state index in [-0.39, 0.29) is 5.69 Å². The van der Waals surface area contributed by atoms with E-state index in [1.54, 1.807) is 17.5 Å². The van der Waals surface area contributed by atoms with Gasteiger partial charge in [0.15, 0.2) is 0 Å². The zero-order valence-electron chi connectivity index (χ0n) is 7.27. The summed E-state index contributed by atoms with van der Waals surface area (Å²) in [5.74, 6) is 0. The third-order valence-corrected chi connectivity index (χ3v) is 2.28. The Morgan fingerprint density at radius 1 is 1.57 bits per heavy atom. The van der Waals surface area contributed by atoms with Gasteiger partial charge in [-0.25, -0.2) is 4.98 Å². The second kappa shape index (κ2) is 3.06. The van der Waals surface area contributed by atoms with Crippen molar-refractivity contribution in [2.75, 3.05) is 0 Å². The highest BCUT2D eigenvalue weighted by atomic mass is 79.9. The highest BCUT2D eigenvalue weighted by Crippen LogP contribution is 2.19. The molecule has 5 nitrogen and oxygen atoms in total. The molecular weight excluding hydrogens is 250 g/mol. The van der Waals surface area contributed by atoms with Crippen molar-refractivity contribution in [1.82, 2.24) is 9.38 Å². The first-order valence-electron chi connectivity index (χ1n) is 3.87. The fourth-order valence-corrected chi connectivity index (χ4v) is 1.71. The minimum absolute atomic E-state index is 0.0694. The molecule has 0 fully saturated rings. The molecule has 2 aromatic heterocycles. The molecule has 0 amide bonds. The van der Waals surface area contributed by atoms with Gasteiger partial charge in [-0.2, -0.15) is 0 Å².